The largest absolute Gasteiger partial charge is 0.346 e. The molecule has 0 aliphatic heterocycles. The lowest BCUT2D eigenvalue weighted by Gasteiger charge is -2.16. The first kappa shape index (κ1) is 13.4. The van der Waals surface area contributed by atoms with Crippen molar-refractivity contribution in [2.24, 2.45) is 0 Å². The van der Waals surface area contributed by atoms with E-state index in [0.717, 1.165) is 5.69 Å². The molecule has 2 amide bonds. The number of pyridine rings is 1. The molecule has 0 aliphatic carbocycles. The summed E-state index contributed by atoms with van der Waals surface area (Å²) in [7, 11) is 1.66. The zero-order valence-corrected chi connectivity index (χ0v) is 10.3. The van der Waals surface area contributed by atoms with E-state index in [1.54, 1.807) is 13.2 Å². The second kappa shape index (κ2) is 6.85. The lowest BCUT2D eigenvalue weighted by atomic mass is 10.3. The van der Waals surface area contributed by atoms with E-state index in [2.05, 4.69) is 10.3 Å². The fraction of sp³-hybridized carbons (Fsp3) is 0.364. The van der Waals surface area contributed by atoms with E-state index >= 15 is 0 Å². The van der Waals surface area contributed by atoms with Crippen LogP contribution in [-0.4, -0.2) is 41.2 Å². The number of alkyl halides is 1. The van der Waals surface area contributed by atoms with Crippen LogP contribution in [-0.2, 0) is 16.1 Å². The van der Waals surface area contributed by atoms with Gasteiger partial charge in [0.1, 0.15) is 5.88 Å². The maximum Gasteiger partial charge on any atom is 0.242 e. The smallest absolute Gasteiger partial charge is 0.242 e. The van der Waals surface area contributed by atoms with E-state index in [4.69, 9.17) is 11.6 Å². The quantitative estimate of drug-likeness (QED) is 0.775. The monoisotopic (exact) mass is 255 g/mol. The molecule has 1 aromatic rings. The van der Waals surface area contributed by atoms with Gasteiger partial charge in [-0.1, -0.05) is 6.07 Å². The second-order valence-electron chi connectivity index (χ2n) is 3.48. The Labute approximate surface area is 105 Å². The predicted molar refractivity (Wildman–Crippen MR) is 64.4 cm³/mol. The Kier molecular flexibility index (Phi) is 5.42. The first-order valence-corrected chi connectivity index (χ1v) is 5.63. The van der Waals surface area contributed by atoms with E-state index < -0.39 is 0 Å². The molecule has 0 aliphatic rings. The van der Waals surface area contributed by atoms with Crippen LogP contribution in [0.15, 0.2) is 24.4 Å². The molecule has 6 heteroatoms. The number of halogens is 1. The maximum atomic E-state index is 11.6. The minimum Gasteiger partial charge on any atom is -0.346 e. The summed E-state index contributed by atoms with van der Waals surface area (Å²) in [5.74, 6) is -0.683. The third-order valence-electron chi connectivity index (χ3n) is 2.11. The van der Waals surface area contributed by atoms with Crippen LogP contribution in [0.1, 0.15) is 5.69 Å². The van der Waals surface area contributed by atoms with Crippen molar-refractivity contribution in [1.29, 1.82) is 0 Å². The van der Waals surface area contributed by atoms with Crippen LogP contribution in [0.25, 0.3) is 0 Å². The molecule has 1 heterocycles. The standard InChI is InChI=1S/C11H14ClN3O2/c1-15(8-9-4-2-3-5-13-9)11(17)7-14-10(16)6-12/h2-5H,6-8H2,1H3,(H,14,16). The topological polar surface area (TPSA) is 62.3 Å². The molecule has 17 heavy (non-hydrogen) atoms. The summed E-state index contributed by atoms with van der Waals surface area (Å²) in [6, 6.07) is 5.50. The van der Waals surface area contributed by atoms with Crippen LogP contribution in [0.3, 0.4) is 0 Å². The number of amides is 2. The Balaban J connectivity index is 2.40. The molecule has 5 nitrogen and oxygen atoms in total. The molecule has 92 valence electrons. The molecule has 1 rings (SSSR count). The van der Waals surface area contributed by atoms with Crippen LogP contribution in [0.5, 0.6) is 0 Å². The Morgan fingerprint density at radius 3 is 2.82 bits per heavy atom. The molecule has 0 fully saturated rings. The van der Waals surface area contributed by atoms with Gasteiger partial charge in [-0.15, -0.1) is 11.6 Å². The molecule has 1 aromatic heterocycles. The number of nitrogens with one attached hydrogen (secondary N) is 1. The zero-order valence-electron chi connectivity index (χ0n) is 9.52. The van der Waals surface area contributed by atoms with Gasteiger partial charge in [0.25, 0.3) is 0 Å². The number of aromatic nitrogens is 1. The van der Waals surface area contributed by atoms with Crippen molar-refractivity contribution in [2.75, 3.05) is 19.5 Å². The van der Waals surface area contributed by atoms with Gasteiger partial charge in [-0.05, 0) is 12.1 Å². The average molecular weight is 256 g/mol. The van der Waals surface area contributed by atoms with Crippen LogP contribution >= 0.6 is 11.6 Å². The van der Waals surface area contributed by atoms with Gasteiger partial charge in [-0.2, -0.15) is 0 Å². The Morgan fingerprint density at radius 1 is 1.47 bits per heavy atom. The normalized spacial score (nSPS) is 9.76. The maximum absolute atomic E-state index is 11.6. The number of likely N-dealkylation sites (N-methyl/N-ethyl adjacent to an activating group) is 1. The lowest BCUT2D eigenvalue weighted by Crippen LogP contribution is -2.38. The Bertz CT molecular complexity index is 384. The molecular weight excluding hydrogens is 242 g/mol. The second-order valence-corrected chi connectivity index (χ2v) is 3.75. The van der Waals surface area contributed by atoms with Crippen LogP contribution in [0, 0.1) is 0 Å². The molecule has 0 saturated heterocycles. The summed E-state index contributed by atoms with van der Waals surface area (Å²) in [4.78, 5) is 28.1. The van der Waals surface area contributed by atoms with Gasteiger partial charge in [-0.3, -0.25) is 14.6 Å². The van der Waals surface area contributed by atoms with Gasteiger partial charge >= 0.3 is 0 Å². The van der Waals surface area contributed by atoms with Crippen molar-refractivity contribution in [3.05, 3.63) is 30.1 Å². The summed E-state index contributed by atoms with van der Waals surface area (Å²) in [6.07, 6.45) is 1.67. The van der Waals surface area contributed by atoms with Crippen molar-refractivity contribution in [2.45, 2.75) is 6.54 Å². The number of nitrogens with zero attached hydrogens (tertiary/aromatic N) is 2. The average Bonchev–Trinajstić information content (AvgIpc) is 2.36. The van der Waals surface area contributed by atoms with Crippen molar-refractivity contribution >= 4 is 23.4 Å². The van der Waals surface area contributed by atoms with Crippen molar-refractivity contribution in [3.63, 3.8) is 0 Å². The molecule has 0 unspecified atom stereocenters. The molecule has 0 bridgehead atoms. The number of carbonyl (C=O) groups excluding carboxylic acids is 2. The van der Waals surface area contributed by atoms with Crippen LogP contribution in [0.2, 0.25) is 0 Å². The molecule has 0 atom stereocenters. The SMILES string of the molecule is CN(Cc1ccccn1)C(=O)CNC(=O)CCl. The van der Waals surface area contributed by atoms with E-state index in [1.807, 2.05) is 18.2 Å². The van der Waals surface area contributed by atoms with E-state index in [9.17, 15) is 9.59 Å². The highest BCUT2D eigenvalue weighted by molar-refractivity contribution is 6.27. The van der Waals surface area contributed by atoms with Gasteiger partial charge in [0.15, 0.2) is 0 Å². The highest BCUT2D eigenvalue weighted by Crippen LogP contribution is 1.98. The van der Waals surface area contributed by atoms with Crippen molar-refractivity contribution in [1.82, 2.24) is 15.2 Å². The number of hydrogen-bond donors (Lipinski definition) is 1. The fourth-order valence-corrected chi connectivity index (χ4v) is 1.27. The molecule has 0 aromatic carbocycles. The predicted octanol–water partition coefficient (Wildman–Crippen LogP) is 0.395. The fourth-order valence-electron chi connectivity index (χ4n) is 1.18. The summed E-state index contributed by atoms with van der Waals surface area (Å²) in [5, 5.41) is 2.42. The summed E-state index contributed by atoms with van der Waals surface area (Å²) in [5.41, 5.74) is 0.798. The van der Waals surface area contributed by atoms with E-state index in [0.29, 0.717) is 6.54 Å². The van der Waals surface area contributed by atoms with E-state index in [-0.39, 0.29) is 24.2 Å². The Morgan fingerprint density at radius 2 is 2.24 bits per heavy atom. The van der Waals surface area contributed by atoms with Gasteiger partial charge < -0.3 is 10.2 Å². The Hall–Kier alpha value is -1.62. The van der Waals surface area contributed by atoms with Crippen LogP contribution < -0.4 is 5.32 Å². The first-order chi connectivity index (χ1) is 8.13. The van der Waals surface area contributed by atoms with Crippen LogP contribution in [0.4, 0.5) is 0 Å². The molecule has 1 N–H and O–H groups in total. The number of carbonyl (C=O) groups is 2. The molecular formula is C11H14ClN3O2. The number of rotatable bonds is 5. The first-order valence-electron chi connectivity index (χ1n) is 5.10. The molecule has 0 spiro atoms. The van der Waals surface area contributed by atoms with Gasteiger partial charge in [-0.25, -0.2) is 0 Å². The minimum atomic E-state index is -0.355. The summed E-state index contributed by atoms with van der Waals surface area (Å²) in [6.45, 7) is 0.366. The zero-order chi connectivity index (χ0) is 12.7. The summed E-state index contributed by atoms with van der Waals surface area (Å²) < 4.78 is 0. The van der Waals surface area contributed by atoms with E-state index in [1.165, 1.54) is 4.90 Å². The minimum absolute atomic E-state index is 0.0467. The van der Waals surface area contributed by atoms with Gasteiger partial charge in [0, 0.05) is 13.2 Å². The van der Waals surface area contributed by atoms with Crippen molar-refractivity contribution in [3.8, 4) is 0 Å². The van der Waals surface area contributed by atoms with Gasteiger partial charge in [0.2, 0.25) is 11.8 Å². The number of hydrogen-bond acceptors (Lipinski definition) is 3. The van der Waals surface area contributed by atoms with Crippen molar-refractivity contribution < 1.29 is 9.59 Å². The highest BCUT2D eigenvalue weighted by Gasteiger charge is 2.10. The molecule has 0 radical (unpaired) electrons. The lowest BCUT2D eigenvalue weighted by molar-refractivity contribution is -0.131. The van der Waals surface area contributed by atoms with Gasteiger partial charge in [0.05, 0.1) is 18.8 Å². The third-order valence-corrected chi connectivity index (χ3v) is 2.35. The third kappa shape index (κ3) is 4.82. The highest BCUT2D eigenvalue weighted by atomic mass is 35.5. The summed E-state index contributed by atoms with van der Waals surface area (Å²) >= 11 is 5.30. The molecule has 0 saturated carbocycles.